The van der Waals surface area contributed by atoms with Gasteiger partial charge in [-0.2, -0.15) is 0 Å². The number of rotatable bonds is 6. The van der Waals surface area contributed by atoms with Crippen LogP contribution in [0.15, 0.2) is 42.1 Å². The maximum atomic E-state index is 12.4. The molecule has 1 fully saturated rings. The second-order valence-corrected chi connectivity index (χ2v) is 9.75. The Balaban J connectivity index is 1.76. The van der Waals surface area contributed by atoms with E-state index in [-0.39, 0.29) is 5.70 Å². The van der Waals surface area contributed by atoms with E-state index in [1.165, 1.54) is 7.11 Å². The number of methoxy groups -OCH3 is 1. The summed E-state index contributed by atoms with van der Waals surface area (Å²) in [4.78, 5) is 36.6. The zero-order valence-electron chi connectivity index (χ0n) is 15.6. The molecule has 1 aliphatic rings. The highest BCUT2D eigenvalue weighted by Crippen LogP contribution is 2.31. The average Bonchev–Trinajstić information content (AvgIpc) is 2.96. The Morgan fingerprint density at radius 3 is 2.33 bits per heavy atom. The van der Waals surface area contributed by atoms with Crippen molar-refractivity contribution in [2.45, 2.75) is 6.61 Å². The van der Waals surface area contributed by atoms with E-state index in [2.05, 4.69) is 77.8 Å². The van der Waals surface area contributed by atoms with Crippen LogP contribution in [0.4, 0.5) is 4.79 Å². The molecule has 0 unspecified atom stereocenters. The summed E-state index contributed by atoms with van der Waals surface area (Å²) < 4.78 is 13.4. The topological polar surface area (TPSA) is 84.9 Å². The van der Waals surface area contributed by atoms with Crippen molar-refractivity contribution in [3.63, 3.8) is 0 Å². The van der Waals surface area contributed by atoms with E-state index in [4.69, 9.17) is 4.74 Å². The molecule has 3 amide bonds. The smallest absolute Gasteiger partial charge is 0.329 e. The fraction of sp³-hybridized carbons (Fsp3) is 0.150. The lowest BCUT2D eigenvalue weighted by Gasteiger charge is -2.12. The lowest BCUT2D eigenvalue weighted by atomic mass is 10.2. The van der Waals surface area contributed by atoms with Crippen LogP contribution in [0.25, 0.3) is 6.08 Å². The monoisotopic (exact) mass is 744 g/mol. The summed E-state index contributed by atoms with van der Waals surface area (Å²) in [6.07, 6.45) is 1.57. The van der Waals surface area contributed by atoms with Crippen LogP contribution in [0, 0.1) is 10.7 Å². The molecule has 3 rings (SSSR count). The van der Waals surface area contributed by atoms with Crippen molar-refractivity contribution in [3.8, 4) is 5.75 Å². The fourth-order valence-corrected chi connectivity index (χ4v) is 5.10. The molecular formula is C20H15I3N2O5. The summed E-state index contributed by atoms with van der Waals surface area (Å²) in [6, 6.07) is 11.2. The number of hydrogen-bond acceptors (Lipinski definition) is 5. The Labute approximate surface area is 214 Å². The van der Waals surface area contributed by atoms with E-state index in [1.54, 1.807) is 6.08 Å². The molecule has 0 saturated carbocycles. The molecule has 0 bridgehead atoms. The Kier molecular flexibility index (Phi) is 7.95. The summed E-state index contributed by atoms with van der Waals surface area (Å²) in [5.41, 5.74) is 1.90. The van der Waals surface area contributed by atoms with Crippen LogP contribution in [0.3, 0.4) is 0 Å². The van der Waals surface area contributed by atoms with Gasteiger partial charge in [0.15, 0.2) is 0 Å². The van der Waals surface area contributed by atoms with Gasteiger partial charge in [-0.25, -0.2) is 9.69 Å². The van der Waals surface area contributed by atoms with Crippen LogP contribution in [0.2, 0.25) is 0 Å². The molecule has 1 N–H and O–H groups in total. The zero-order valence-corrected chi connectivity index (χ0v) is 22.1. The van der Waals surface area contributed by atoms with Gasteiger partial charge in [0.1, 0.15) is 24.6 Å². The van der Waals surface area contributed by atoms with Gasteiger partial charge in [0.25, 0.3) is 5.91 Å². The summed E-state index contributed by atoms with van der Waals surface area (Å²) >= 11 is 6.61. The molecule has 7 nitrogen and oxygen atoms in total. The van der Waals surface area contributed by atoms with Crippen LogP contribution in [0.1, 0.15) is 11.1 Å². The molecule has 2 aromatic carbocycles. The standard InChI is InChI=1S/C20H15I3N2O5/c1-29-17(26)9-25-19(27)16(24-20(25)28)8-12-6-14(22)18(15(23)7-12)30-10-11-2-4-13(21)5-3-11/h2-8H,9-10H2,1H3,(H,24,28)/b16-8+. The molecule has 10 heteroatoms. The summed E-state index contributed by atoms with van der Waals surface area (Å²) in [5, 5.41) is 2.49. The molecule has 1 aliphatic heterocycles. The van der Waals surface area contributed by atoms with Gasteiger partial charge in [0.05, 0.1) is 14.3 Å². The Bertz CT molecular complexity index is 1010. The number of carbonyl (C=O) groups excluding carboxylic acids is 3. The molecule has 1 saturated heterocycles. The first kappa shape index (κ1) is 23.2. The number of imide groups is 1. The third-order valence-corrected chi connectivity index (χ3v) is 6.43. The number of hydrogen-bond donors (Lipinski definition) is 1. The van der Waals surface area contributed by atoms with Gasteiger partial charge in [0, 0.05) is 3.57 Å². The van der Waals surface area contributed by atoms with Gasteiger partial charge in [-0.1, -0.05) is 12.1 Å². The minimum atomic E-state index is -0.668. The van der Waals surface area contributed by atoms with E-state index < -0.39 is 24.5 Å². The van der Waals surface area contributed by atoms with Gasteiger partial charge in [0.2, 0.25) is 0 Å². The van der Waals surface area contributed by atoms with E-state index >= 15 is 0 Å². The molecular weight excluding hydrogens is 729 g/mol. The predicted molar refractivity (Wildman–Crippen MR) is 136 cm³/mol. The molecule has 156 valence electrons. The molecule has 0 radical (unpaired) electrons. The highest BCUT2D eigenvalue weighted by atomic mass is 127. The van der Waals surface area contributed by atoms with Crippen molar-refractivity contribution in [1.29, 1.82) is 0 Å². The number of ether oxygens (including phenoxy) is 2. The SMILES string of the molecule is COC(=O)CN1C(=O)N/C(=C/c2cc(I)c(OCc3ccc(I)cc3)c(I)c2)C1=O. The number of esters is 1. The second kappa shape index (κ2) is 10.3. The van der Waals surface area contributed by atoms with E-state index in [0.717, 1.165) is 32.5 Å². The molecule has 2 aromatic rings. The van der Waals surface area contributed by atoms with Crippen molar-refractivity contribution in [1.82, 2.24) is 10.2 Å². The first-order valence-electron chi connectivity index (χ1n) is 8.56. The number of halogens is 3. The lowest BCUT2D eigenvalue weighted by molar-refractivity contribution is -0.143. The van der Waals surface area contributed by atoms with Crippen LogP contribution in [0.5, 0.6) is 5.75 Å². The quantitative estimate of drug-likeness (QED) is 0.208. The van der Waals surface area contributed by atoms with E-state index in [0.29, 0.717) is 6.61 Å². The van der Waals surface area contributed by atoms with Crippen LogP contribution >= 0.6 is 67.8 Å². The highest BCUT2D eigenvalue weighted by Gasteiger charge is 2.35. The minimum absolute atomic E-state index is 0.100. The Morgan fingerprint density at radius 1 is 1.10 bits per heavy atom. The van der Waals surface area contributed by atoms with Crippen molar-refractivity contribution in [3.05, 3.63) is 63.9 Å². The predicted octanol–water partition coefficient (Wildman–Crippen LogP) is 4.15. The fourth-order valence-electron chi connectivity index (χ4n) is 2.61. The van der Waals surface area contributed by atoms with Crippen LogP contribution < -0.4 is 10.1 Å². The first-order chi connectivity index (χ1) is 14.3. The molecule has 30 heavy (non-hydrogen) atoms. The van der Waals surface area contributed by atoms with Gasteiger partial charge < -0.3 is 14.8 Å². The maximum absolute atomic E-state index is 12.4. The second-order valence-electron chi connectivity index (χ2n) is 6.18. The number of benzene rings is 2. The van der Waals surface area contributed by atoms with E-state index in [1.807, 2.05) is 36.4 Å². The average molecular weight is 744 g/mol. The molecule has 1 heterocycles. The largest absolute Gasteiger partial charge is 0.487 e. The molecule has 0 aromatic heterocycles. The minimum Gasteiger partial charge on any atom is -0.487 e. The summed E-state index contributed by atoms with van der Waals surface area (Å²) in [7, 11) is 1.20. The third-order valence-electron chi connectivity index (χ3n) is 4.11. The van der Waals surface area contributed by atoms with Crippen LogP contribution in [-0.2, 0) is 20.9 Å². The number of nitrogens with one attached hydrogen (secondary N) is 1. The van der Waals surface area contributed by atoms with Gasteiger partial charge in [-0.3, -0.25) is 9.59 Å². The maximum Gasteiger partial charge on any atom is 0.329 e. The van der Waals surface area contributed by atoms with Crippen molar-refractivity contribution < 1.29 is 23.9 Å². The number of amides is 3. The van der Waals surface area contributed by atoms with Gasteiger partial charge >= 0.3 is 12.0 Å². The molecule has 0 spiro atoms. The summed E-state index contributed by atoms with van der Waals surface area (Å²) in [6.45, 7) is 0.0132. The van der Waals surface area contributed by atoms with Gasteiger partial charge in [-0.15, -0.1) is 0 Å². The molecule has 0 atom stereocenters. The zero-order chi connectivity index (χ0) is 21.8. The third kappa shape index (κ3) is 5.63. The lowest BCUT2D eigenvalue weighted by Crippen LogP contribution is -2.36. The number of carbonyl (C=O) groups is 3. The number of nitrogens with zero attached hydrogens (tertiary/aromatic N) is 1. The normalized spacial score (nSPS) is 14.8. The molecule has 0 aliphatic carbocycles. The Morgan fingerprint density at radius 2 is 1.73 bits per heavy atom. The van der Waals surface area contributed by atoms with Crippen LogP contribution in [-0.4, -0.2) is 36.5 Å². The Hall–Kier alpha value is -1.42. The highest BCUT2D eigenvalue weighted by molar-refractivity contribution is 14.1. The van der Waals surface area contributed by atoms with Gasteiger partial charge in [-0.05, 0) is 109 Å². The summed E-state index contributed by atoms with van der Waals surface area (Å²) in [5.74, 6) is -0.487. The first-order valence-corrected chi connectivity index (χ1v) is 11.8. The van der Waals surface area contributed by atoms with Crippen molar-refractivity contribution in [2.75, 3.05) is 13.7 Å². The van der Waals surface area contributed by atoms with E-state index in [9.17, 15) is 14.4 Å². The van der Waals surface area contributed by atoms with Crippen molar-refractivity contribution >= 4 is 91.8 Å². The number of urea groups is 1. The van der Waals surface area contributed by atoms with Crippen molar-refractivity contribution in [2.24, 2.45) is 0 Å².